The van der Waals surface area contributed by atoms with E-state index >= 15 is 0 Å². The van der Waals surface area contributed by atoms with Crippen LogP contribution in [-0.4, -0.2) is 23.5 Å². The van der Waals surface area contributed by atoms with Crippen LogP contribution in [0.2, 0.25) is 0 Å². The van der Waals surface area contributed by atoms with Gasteiger partial charge in [-0.2, -0.15) is 0 Å². The lowest BCUT2D eigenvalue weighted by Crippen LogP contribution is -2.34. The van der Waals surface area contributed by atoms with E-state index in [1.165, 1.54) is 24.3 Å². The van der Waals surface area contributed by atoms with Crippen molar-refractivity contribution in [1.29, 1.82) is 0 Å². The lowest BCUT2D eigenvalue weighted by atomic mass is 10.1. The SMILES string of the molecule is O=C(Nc1ccc(F)cc1)c1cccc(NC(=S)NC(=O)c2cc(Br)ccc2OCCc2ccccc2)c1. The maximum absolute atomic E-state index is 13.1. The summed E-state index contributed by atoms with van der Waals surface area (Å²) in [4.78, 5) is 25.6. The van der Waals surface area contributed by atoms with Crippen LogP contribution in [0.4, 0.5) is 15.8 Å². The Hall–Kier alpha value is -4.08. The summed E-state index contributed by atoms with van der Waals surface area (Å²) in [7, 11) is 0. The highest BCUT2D eigenvalue weighted by Crippen LogP contribution is 2.24. The van der Waals surface area contributed by atoms with E-state index in [0.717, 1.165) is 10.0 Å². The topological polar surface area (TPSA) is 79.5 Å². The fourth-order valence-electron chi connectivity index (χ4n) is 3.54. The van der Waals surface area contributed by atoms with Gasteiger partial charge in [0.15, 0.2) is 5.11 Å². The second kappa shape index (κ2) is 12.9. The number of thiocarbonyl (C=S) groups is 1. The van der Waals surface area contributed by atoms with Crippen LogP contribution in [0.25, 0.3) is 0 Å². The average Bonchev–Trinajstić information content (AvgIpc) is 2.91. The van der Waals surface area contributed by atoms with Crippen molar-refractivity contribution in [3.63, 3.8) is 0 Å². The van der Waals surface area contributed by atoms with Gasteiger partial charge in [-0.05, 0) is 78.4 Å². The highest BCUT2D eigenvalue weighted by atomic mass is 79.9. The smallest absolute Gasteiger partial charge is 0.261 e. The fourth-order valence-corrected chi connectivity index (χ4v) is 4.11. The van der Waals surface area contributed by atoms with Crippen molar-refractivity contribution < 1.29 is 18.7 Å². The maximum Gasteiger partial charge on any atom is 0.261 e. The van der Waals surface area contributed by atoms with E-state index in [9.17, 15) is 14.0 Å². The van der Waals surface area contributed by atoms with Crippen molar-refractivity contribution in [1.82, 2.24) is 5.32 Å². The highest BCUT2D eigenvalue weighted by Gasteiger charge is 2.16. The molecule has 2 amide bonds. The first-order valence-corrected chi connectivity index (χ1v) is 12.8. The molecule has 0 bridgehead atoms. The number of benzene rings is 4. The second-order valence-electron chi connectivity index (χ2n) is 8.17. The van der Waals surface area contributed by atoms with Gasteiger partial charge in [-0.15, -0.1) is 0 Å². The first-order valence-electron chi connectivity index (χ1n) is 11.6. The number of rotatable bonds is 8. The minimum Gasteiger partial charge on any atom is -0.492 e. The standard InChI is InChI=1S/C29H23BrFN3O3S/c30-21-9-14-26(37-16-15-19-5-2-1-3-6-19)25(18-21)28(36)34-29(38)33-24-8-4-7-20(17-24)27(35)32-23-12-10-22(31)11-13-23/h1-14,17-18H,15-16H2,(H,32,35)(H2,33,34,36,38). The summed E-state index contributed by atoms with van der Waals surface area (Å²) in [5.74, 6) is -0.771. The number of anilines is 2. The zero-order valence-electron chi connectivity index (χ0n) is 20.0. The molecule has 4 aromatic carbocycles. The summed E-state index contributed by atoms with van der Waals surface area (Å²) in [6.07, 6.45) is 0.697. The molecule has 0 radical (unpaired) electrons. The molecule has 0 atom stereocenters. The zero-order chi connectivity index (χ0) is 26.9. The molecule has 0 heterocycles. The molecule has 0 aliphatic rings. The van der Waals surface area contributed by atoms with Gasteiger partial charge in [0, 0.05) is 27.8 Å². The minimum atomic E-state index is -0.441. The van der Waals surface area contributed by atoms with Crippen LogP contribution >= 0.6 is 28.1 Å². The highest BCUT2D eigenvalue weighted by molar-refractivity contribution is 9.10. The Morgan fingerprint density at radius 2 is 1.58 bits per heavy atom. The van der Waals surface area contributed by atoms with Gasteiger partial charge >= 0.3 is 0 Å². The Labute approximate surface area is 233 Å². The summed E-state index contributed by atoms with van der Waals surface area (Å²) in [5.41, 5.74) is 2.79. The largest absolute Gasteiger partial charge is 0.492 e. The molecule has 0 aliphatic carbocycles. The third-order valence-corrected chi connectivity index (χ3v) is 6.09. The van der Waals surface area contributed by atoms with Crippen LogP contribution in [-0.2, 0) is 6.42 Å². The summed E-state index contributed by atoms with van der Waals surface area (Å²) < 4.78 is 19.7. The molecule has 6 nitrogen and oxygen atoms in total. The van der Waals surface area contributed by atoms with E-state index in [1.807, 2.05) is 30.3 Å². The fraction of sp³-hybridized carbons (Fsp3) is 0.0690. The van der Waals surface area contributed by atoms with E-state index in [0.29, 0.717) is 41.3 Å². The number of nitrogens with one attached hydrogen (secondary N) is 3. The third-order valence-electron chi connectivity index (χ3n) is 5.39. The van der Waals surface area contributed by atoms with Crippen LogP contribution in [0.15, 0.2) is 102 Å². The van der Waals surface area contributed by atoms with Crippen LogP contribution in [0.3, 0.4) is 0 Å². The number of hydrogen-bond acceptors (Lipinski definition) is 4. The number of carbonyl (C=O) groups excluding carboxylic acids is 2. The molecule has 0 aromatic heterocycles. The molecule has 0 fully saturated rings. The molecular formula is C29H23BrFN3O3S. The Balaban J connectivity index is 1.37. The van der Waals surface area contributed by atoms with E-state index in [2.05, 4.69) is 31.9 Å². The Kier molecular flexibility index (Phi) is 9.18. The van der Waals surface area contributed by atoms with E-state index in [4.69, 9.17) is 17.0 Å². The summed E-state index contributed by atoms with van der Waals surface area (Å²) >= 11 is 8.73. The van der Waals surface area contributed by atoms with Crippen molar-refractivity contribution in [2.45, 2.75) is 6.42 Å². The van der Waals surface area contributed by atoms with Gasteiger partial charge in [0.1, 0.15) is 11.6 Å². The lowest BCUT2D eigenvalue weighted by Gasteiger charge is -2.14. The number of amides is 2. The third kappa shape index (κ3) is 7.71. The molecule has 3 N–H and O–H groups in total. The van der Waals surface area contributed by atoms with Gasteiger partial charge in [0.05, 0.1) is 12.2 Å². The summed E-state index contributed by atoms with van der Waals surface area (Å²) in [5, 5.41) is 8.34. The van der Waals surface area contributed by atoms with Crippen molar-refractivity contribution in [2.75, 3.05) is 17.2 Å². The number of ether oxygens (including phenoxy) is 1. The van der Waals surface area contributed by atoms with E-state index < -0.39 is 11.7 Å². The van der Waals surface area contributed by atoms with Gasteiger partial charge < -0.3 is 15.4 Å². The molecule has 4 rings (SSSR count). The maximum atomic E-state index is 13.1. The molecule has 0 aliphatic heterocycles. The minimum absolute atomic E-state index is 0.0568. The van der Waals surface area contributed by atoms with Gasteiger partial charge in [-0.3, -0.25) is 14.9 Å². The molecule has 192 valence electrons. The molecular weight excluding hydrogens is 569 g/mol. The van der Waals surface area contributed by atoms with Crippen LogP contribution < -0.4 is 20.7 Å². The second-order valence-corrected chi connectivity index (χ2v) is 9.50. The van der Waals surface area contributed by atoms with Crippen LogP contribution in [0.1, 0.15) is 26.3 Å². The average molecular weight is 592 g/mol. The number of hydrogen-bond donors (Lipinski definition) is 3. The number of halogens is 2. The molecule has 4 aromatic rings. The van der Waals surface area contributed by atoms with Crippen molar-refractivity contribution in [3.8, 4) is 5.75 Å². The first-order chi connectivity index (χ1) is 18.4. The van der Waals surface area contributed by atoms with Gasteiger partial charge in [-0.1, -0.05) is 52.3 Å². The first kappa shape index (κ1) is 27.0. The quantitative estimate of drug-likeness (QED) is 0.201. The van der Waals surface area contributed by atoms with E-state index in [1.54, 1.807) is 42.5 Å². The Morgan fingerprint density at radius 3 is 2.34 bits per heavy atom. The molecule has 9 heteroatoms. The van der Waals surface area contributed by atoms with Crippen molar-refractivity contribution in [3.05, 3.63) is 124 Å². The van der Waals surface area contributed by atoms with E-state index in [-0.39, 0.29) is 11.0 Å². The van der Waals surface area contributed by atoms with Crippen molar-refractivity contribution >= 4 is 56.4 Å². The normalized spacial score (nSPS) is 10.4. The lowest BCUT2D eigenvalue weighted by molar-refractivity contribution is 0.0972. The van der Waals surface area contributed by atoms with Gasteiger partial charge in [0.2, 0.25) is 0 Å². The molecule has 0 spiro atoms. The molecule has 38 heavy (non-hydrogen) atoms. The Morgan fingerprint density at radius 1 is 0.816 bits per heavy atom. The Bertz CT molecular complexity index is 1450. The summed E-state index contributed by atoms with van der Waals surface area (Å²) in [6, 6.07) is 27.2. The van der Waals surface area contributed by atoms with Crippen LogP contribution in [0.5, 0.6) is 5.75 Å². The number of carbonyl (C=O) groups is 2. The molecule has 0 unspecified atom stereocenters. The van der Waals surface area contributed by atoms with Crippen LogP contribution in [0, 0.1) is 5.82 Å². The predicted octanol–water partition coefficient (Wildman–Crippen LogP) is 6.59. The summed E-state index contributed by atoms with van der Waals surface area (Å²) in [6.45, 7) is 0.404. The molecule has 0 saturated heterocycles. The van der Waals surface area contributed by atoms with Gasteiger partial charge in [-0.25, -0.2) is 4.39 Å². The predicted molar refractivity (Wildman–Crippen MR) is 154 cm³/mol. The van der Waals surface area contributed by atoms with Gasteiger partial charge in [0.25, 0.3) is 11.8 Å². The monoisotopic (exact) mass is 591 g/mol. The van der Waals surface area contributed by atoms with Crippen molar-refractivity contribution in [2.24, 2.45) is 0 Å². The zero-order valence-corrected chi connectivity index (χ0v) is 22.4. The molecule has 0 saturated carbocycles.